The molecule has 1 aromatic rings. The largest absolute Gasteiger partial charge is 0.409 e. The van der Waals surface area contributed by atoms with Gasteiger partial charge < -0.3 is 16.3 Å². The third kappa shape index (κ3) is 3.85. The molecule has 0 aliphatic rings. The number of hydrogen-bond acceptors (Lipinski definition) is 3. The lowest BCUT2D eigenvalue weighted by Crippen LogP contribution is -2.25. The van der Waals surface area contributed by atoms with Crippen molar-refractivity contribution >= 4 is 5.84 Å². The molecule has 1 rings (SSSR count). The minimum atomic E-state index is -0.377. The molecule has 0 amide bonds. The van der Waals surface area contributed by atoms with Crippen molar-refractivity contribution in [2.75, 3.05) is 0 Å². The Hall–Kier alpha value is -1.88. The topological polar surface area (TPSA) is 70.6 Å². The first kappa shape index (κ1) is 14.2. The van der Waals surface area contributed by atoms with Gasteiger partial charge >= 0.3 is 0 Å². The molecule has 0 aromatic heterocycles. The van der Waals surface area contributed by atoms with Gasteiger partial charge in [-0.3, -0.25) is 0 Å². The first-order valence-corrected chi connectivity index (χ1v) is 5.69. The molecule has 1 atom stereocenters. The number of nitrogens with two attached hydrogens (primary N) is 1. The van der Waals surface area contributed by atoms with E-state index in [-0.39, 0.29) is 17.7 Å². The first-order chi connectivity index (χ1) is 8.58. The van der Waals surface area contributed by atoms with Gasteiger partial charge in [0.25, 0.3) is 0 Å². The number of rotatable bonds is 6. The van der Waals surface area contributed by atoms with Crippen LogP contribution >= 0.6 is 0 Å². The summed E-state index contributed by atoms with van der Waals surface area (Å²) in [6.45, 7) is 6.08. The summed E-state index contributed by atoms with van der Waals surface area (Å²) >= 11 is 0. The number of amidine groups is 1. The second-order valence-electron chi connectivity index (χ2n) is 4.10. The molecule has 0 bridgehead atoms. The maximum atomic E-state index is 13.7. The Kier molecular flexibility index (Phi) is 5.32. The van der Waals surface area contributed by atoms with E-state index < -0.39 is 0 Å². The number of nitrogens with one attached hydrogen (secondary N) is 1. The van der Waals surface area contributed by atoms with Crippen molar-refractivity contribution in [3.63, 3.8) is 0 Å². The quantitative estimate of drug-likeness (QED) is 0.238. The summed E-state index contributed by atoms with van der Waals surface area (Å²) in [6.07, 6.45) is 2.64. The minimum Gasteiger partial charge on any atom is -0.409 e. The molecule has 0 heterocycles. The van der Waals surface area contributed by atoms with E-state index in [2.05, 4.69) is 17.1 Å². The van der Waals surface area contributed by atoms with Gasteiger partial charge in [-0.2, -0.15) is 0 Å². The Morgan fingerprint density at radius 3 is 2.94 bits per heavy atom. The lowest BCUT2D eigenvalue weighted by molar-refractivity contribution is 0.318. The summed E-state index contributed by atoms with van der Waals surface area (Å²) < 4.78 is 13.7. The molecule has 0 radical (unpaired) electrons. The van der Waals surface area contributed by atoms with Crippen LogP contribution in [0.3, 0.4) is 0 Å². The Morgan fingerprint density at radius 2 is 2.39 bits per heavy atom. The van der Waals surface area contributed by atoms with Crippen molar-refractivity contribution in [3.8, 4) is 0 Å². The summed E-state index contributed by atoms with van der Waals surface area (Å²) in [5.41, 5.74) is 6.28. The van der Waals surface area contributed by atoms with Crippen LogP contribution in [-0.2, 0) is 6.54 Å². The molecule has 0 fully saturated rings. The maximum absolute atomic E-state index is 13.7. The van der Waals surface area contributed by atoms with E-state index in [4.69, 9.17) is 10.9 Å². The van der Waals surface area contributed by atoms with E-state index in [9.17, 15) is 4.39 Å². The molecule has 5 heteroatoms. The van der Waals surface area contributed by atoms with Crippen LogP contribution in [0.1, 0.15) is 24.5 Å². The van der Waals surface area contributed by atoms with E-state index in [1.165, 1.54) is 6.07 Å². The fraction of sp³-hybridized carbons (Fsp3) is 0.308. The van der Waals surface area contributed by atoms with Crippen molar-refractivity contribution in [1.29, 1.82) is 0 Å². The van der Waals surface area contributed by atoms with E-state index in [0.29, 0.717) is 17.7 Å². The van der Waals surface area contributed by atoms with Crippen LogP contribution in [0.25, 0.3) is 0 Å². The number of oxime groups is 1. The van der Waals surface area contributed by atoms with Crippen molar-refractivity contribution in [2.45, 2.75) is 25.9 Å². The zero-order valence-corrected chi connectivity index (χ0v) is 10.4. The lowest BCUT2D eigenvalue weighted by atomic mass is 10.1. The molecule has 18 heavy (non-hydrogen) atoms. The Morgan fingerprint density at radius 1 is 1.67 bits per heavy atom. The number of nitrogens with zero attached hydrogens (tertiary/aromatic N) is 1. The summed E-state index contributed by atoms with van der Waals surface area (Å²) in [7, 11) is 0. The van der Waals surface area contributed by atoms with Gasteiger partial charge in [0.1, 0.15) is 5.82 Å². The highest BCUT2D eigenvalue weighted by molar-refractivity contribution is 5.97. The Bertz CT molecular complexity index is 446. The number of halogens is 1. The fourth-order valence-electron chi connectivity index (χ4n) is 1.53. The molecular weight excluding hydrogens is 233 g/mol. The van der Waals surface area contributed by atoms with Crippen LogP contribution in [0, 0.1) is 5.82 Å². The Labute approximate surface area is 106 Å². The molecule has 0 spiro atoms. The lowest BCUT2D eigenvalue weighted by Gasteiger charge is -2.12. The van der Waals surface area contributed by atoms with Gasteiger partial charge in [0.2, 0.25) is 0 Å². The van der Waals surface area contributed by atoms with Gasteiger partial charge in [0, 0.05) is 23.7 Å². The molecule has 98 valence electrons. The monoisotopic (exact) mass is 251 g/mol. The zero-order valence-electron chi connectivity index (χ0n) is 10.4. The summed E-state index contributed by atoms with van der Waals surface area (Å²) in [6, 6.07) is 4.74. The van der Waals surface area contributed by atoms with Crippen LogP contribution in [0.2, 0.25) is 0 Å². The van der Waals surface area contributed by atoms with Crippen LogP contribution < -0.4 is 11.1 Å². The van der Waals surface area contributed by atoms with Crippen molar-refractivity contribution < 1.29 is 9.60 Å². The minimum absolute atomic E-state index is 0.103. The van der Waals surface area contributed by atoms with Gasteiger partial charge in [-0.05, 0) is 19.4 Å². The predicted octanol–water partition coefficient (Wildman–Crippen LogP) is 1.97. The maximum Gasteiger partial charge on any atom is 0.170 e. The van der Waals surface area contributed by atoms with Crippen LogP contribution in [0.5, 0.6) is 0 Å². The molecule has 0 saturated carbocycles. The smallest absolute Gasteiger partial charge is 0.170 e. The average Bonchev–Trinajstić information content (AvgIpc) is 2.36. The van der Waals surface area contributed by atoms with Gasteiger partial charge in [-0.15, -0.1) is 6.58 Å². The molecule has 4 N–H and O–H groups in total. The number of hydrogen-bond donors (Lipinski definition) is 3. The van der Waals surface area contributed by atoms with Gasteiger partial charge in [-0.1, -0.05) is 23.4 Å². The predicted molar refractivity (Wildman–Crippen MR) is 70.0 cm³/mol. The average molecular weight is 251 g/mol. The standard InChI is InChI=1S/C13H18FN3O/c1-3-4-9(2)16-8-11-6-5-10(7-12(11)14)13(15)17-18/h3,5-7,9,16,18H,1,4,8H2,2H3,(H2,15,17). The summed E-state index contributed by atoms with van der Waals surface area (Å²) in [5.74, 6) is -0.481. The normalized spacial score (nSPS) is 13.3. The van der Waals surface area contributed by atoms with Crippen molar-refractivity contribution in [1.82, 2.24) is 5.32 Å². The van der Waals surface area contributed by atoms with Gasteiger partial charge in [0.05, 0.1) is 0 Å². The number of benzene rings is 1. The summed E-state index contributed by atoms with van der Waals surface area (Å²) in [4.78, 5) is 0. The molecule has 0 aliphatic carbocycles. The van der Waals surface area contributed by atoms with Crippen LogP contribution in [-0.4, -0.2) is 17.1 Å². The molecule has 4 nitrogen and oxygen atoms in total. The van der Waals surface area contributed by atoms with Crippen LogP contribution in [0.15, 0.2) is 36.0 Å². The highest BCUT2D eigenvalue weighted by Crippen LogP contribution is 2.11. The van der Waals surface area contributed by atoms with E-state index in [1.807, 2.05) is 13.0 Å². The van der Waals surface area contributed by atoms with E-state index in [0.717, 1.165) is 6.42 Å². The third-order valence-electron chi connectivity index (χ3n) is 2.62. The second kappa shape index (κ2) is 6.76. The molecule has 0 saturated heterocycles. The highest BCUT2D eigenvalue weighted by Gasteiger charge is 2.07. The highest BCUT2D eigenvalue weighted by atomic mass is 19.1. The van der Waals surface area contributed by atoms with Crippen molar-refractivity contribution in [2.24, 2.45) is 10.9 Å². The molecular formula is C13H18FN3O. The van der Waals surface area contributed by atoms with Crippen LogP contribution in [0.4, 0.5) is 4.39 Å². The van der Waals surface area contributed by atoms with E-state index in [1.54, 1.807) is 12.1 Å². The van der Waals surface area contributed by atoms with Crippen molar-refractivity contribution in [3.05, 3.63) is 47.8 Å². The zero-order chi connectivity index (χ0) is 13.5. The summed E-state index contributed by atoms with van der Waals surface area (Å²) in [5, 5.41) is 14.5. The molecule has 1 unspecified atom stereocenters. The fourth-order valence-corrected chi connectivity index (χ4v) is 1.53. The molecule has 0 aliphatic heterocycles. The SMILES string of the molecule is C=CCC(C)NCc1ccc(/C(N)=N/O)cc1F. The van der Waals surface area contributed by atoms with Gasteiger partial charge in [-0.25, -0.2) is 4.39 Å². The van der Waals surface area contributed by atoms with E-state index >= 15 is 0 Å². The third-order valence-corrected chi connectivity index (χ3v) is 2.62. The van der Waals surface area contributed by atoms with Gasteiger partial charge in [0.15, 0.2) is 5.84 Å². The Balaban J connectivity index is 2.71. The first-order valence-electron chi connectivity index (χ1n) is 5.69. The second-order valence-corrected chi connectivity index (χ2v) is 4.10. The molecule has 1 aromatic carbocycles.